The number of anilines is 1. The van der Waals surface area contributed by atoms with Gasteiger partial charge in [0, 0.05) is 24.8 Å². The Labute approximate surface area is 201 Å². The van der Waals surface area contributed by atoms with Crippen LogP contribution in [-0.2, 0) is 23.2 Å². The first-order valence-electron chi connectivity index (χ1n) is 12.6. The fourth-order valence-electron chi connectivity index (χ4n) is 6.68. The number of carbonyl (C=O) groups excluding carboxylic acids is 1. The Bertz CT molecular complexity index is 1170. The van der Waals surface area contributed by atoms with Crippen LogP contribution in [0, 0.1) is 0 Å². The molecule has 34 heavy (non-hydrogen) atoms. The lowest BCUT2D eigenvalue weighted by atomic mass is 9.71. The van der Waals surface area contributed by atoms with Gasteiger partial charge >= 0.3 is 0 Å². The Hall–Kier alpha value is -3.11. The number of para-hydroxylation sites is 1. The minimum atomic E-state index is -1.61. The van der Waals surface area contributed by atoms with Gasteiger partial charge in [-0.2, -0.15) is 0 Å². The molecule has 6 rings (SSSR count). The van der Waals surface area contributed by atoms with E-state index in [2.05, 4.69) is 36.4 Å². The first-order chi connectivity index (χ1) is 16.6. The molecule has 2 fully saturated rings. The number of rotatable bonds is 5. The van der Waals surface area contributed by atoms with Crippen LogP contribution >= 0.6 is 0 Å². The zero-order valence-corrected chi connectivity index (χ0v) is 19.6. The number of amides is 1. The SMILES string of the molecule is O=C1N(C2CCCCC2)C[C@@]2(Cc3ccccc3)c3ccccc3N(Cc3ccccc3)[C@]12O. The molecular weight excluding hydrogens is 420 g/mol. The molecule has 1 N–H and O–H groups in total. The molecule has 0 spiro atoms. The van der Waals surface area contributed by atoms with Crippen LogP contribution in [0.4, 0.5) is 5.69 Å². The molecule has 1 amide bonds. The van der Waals surface area contributed by atoms with Crippen LogP contribution in [0.1, 0.15) is 48.8 Å². The first kappa shape index (κ1) is 21.4. The van der Waals surface area contributed by atoms with Gasteiger partial charge in [-0.3, -0.25) is 4.79 Å². The summed E-state index contributed by atoms with van der Waals surface area (Å²) in [6.45, 7) is 1.05. The Morgan fingerprint density at radius 2 is 1.41 bits per heavy atom. The van der Waals surface area contributed by atoms with Crippen molar-refractivity contribution in [2.75, 3.05) is 11.4 Å². The Morgan fingerprint density at radius 3 is 2.12 bits per heavy atom. The van der Waals surface area contributed by atoms with E-state index in [1.165, 1.54) is 6.42 Å². The Morgan fingerprint density at radius 1 is 0.794 bits per heavy atom. The summed E-state index contributed by atoms with van der Waals surface area (Å²) in [5.41, 5.74) is 1.97. The van der Waals surface area contributed by atoms with Gasteiger partial charge in [0.15, 0.2) is 0 Å². The predicted octanol–water partition coefficient (Wildman–Crippen LogP) is 5.05. The van der Waals surface area contributed by atoms with Crippen molar-refractivity contribution in [2.45, 2.75) is 62.3 Å². The van der Waals surface area contributed by atoms with E-state index in [1.54, 1.807) is 0 Å². The molecule has 2 heterocycles. The number of benzene rings is 3. The van der Waals surface area contributed by atoms with Gasteiger partial charge in [0.1, 0.15) is 0 Å². The standard InChI is InChI=1S/C30H32N2O2/c33-28-30(34)29(20-23-12-4-1-5-13-23,22-31(28)25-16-8-3-9-17-25)26-18-10-11-19-27(26)32(30)21-24-14-6-2-7-15-24/h1-2,4-7,10-15,18-19,25,34H,3,8-9,16-17,20-22H2/t29-,30-/m0/s1. The predicted molar refractivity (Wildman–Crippen MR) is 134 cm³/mol. The zero-order valence-electron chi connectivity index (χ0n) is 19.6. The van der Waals surface area contributed by atoms with Gasteiger partial charge in [-0.1, -0.05) is 98.1 Å². The maximum atomic E-state index is 14.3. The highest BCUT2D eigenvalue weighted by atomic mass is 16.3. The molecule has 3 aromatic carbocycles. The molecule has 4 heteroatoms. The molecule has 0 radical (unpaired) electrons. The van der Waals surface area contributed by atoms with Gasteiger partial charge in [-0.15, -0.1) is 0 Å². The second-order valence-corrected chi connectivity index (χ2v) is 10.2. The number of fused-ring (bicyclic) bond motifs is 3. The summed E-state index contributed by atoms with van der Waals surface area (Å²) in [4.78, 5) is 18.3. The summed E-state index contributed by atoms with van der Waals surface area (Å²) < 4.78 is 0. The van der Waals surface area contributed by atoms with Gasteiger partial charge in [0.05, 0.1) is 5.41 Å². The number of aliphatic hydroxyl groups is 1. The number of hydrogen-bond donors (Lipinski definition) is 1. The molecule has 3 aromatic rings. The van der Waals surface area contributed by atoms with Gasteiger partial charge in [0.2, 0.25) is 5.72 Å². The van der Waals surface area contributed by atoms with Crippen molar-refractivity contribution in [3.05, 3.63) is 102 Å². The van der Waals surface area contributed by atoms with E-state index in [0.29, 0.717) is 19.5 Å². The van der Waals surface area contributed by atoms with Crippen LogP contribution in [-0.4, -0.2) is 34.2 Å². The van der Waals surface area contributed by atoms with Crippen molar-refractivity contribution in [3.63, 3.8) is 0 Å². The largest absolute Gasteiger partial charge is 0.362 e. The third-order valence-corrected chi connectivity index (χ3v) is 8.32. The van der Waals surface area contributed by atoms with Crippen LogP contribution in [0.15, 0.2) is 84.9 Å². The van der Waals surface area contributed by atoms with Gasteiger partial charge < -0.3 is 14.9 Å². The Balaban J connectivity index is 1.51. The molecule has 4 nitrogen and oxygen atoms in total. The summed E-state index contributed by atoms with van der Waals surface area (Å²) in [5, 5.41) is 12.7. The lowest BCUT2D eigenvalue weighted by Gasteiger charge is -2.39. The van der Waals surface area contributed by atoms with Crippen LogP contribution < -0.4 is 4.90 Å². The summed E-state index contributed by atoms with van der Waals surface area (Å²) in [5.74, 6) is -0.123. The molecule has 1 saturated carbocycles. The highest BCUT2D eigenvalue weighted by molar-refractivity contribution is 5.97. The van der Waals surface area contributed by atoms with E-state index < -0.39 is 11.1 Å². The fraction of sp³-hybridized carbons (Fsp3) is 0.367. The highest BCUT2D eigenvalue weighted by Crippen LogP contribution is 2.58. The molecule has 0 bridgehead atoms. The van der Waals surface area contributed by atoms with E-state index in [0.717, 1.165) is 48.1 Å². The second kappa shape index (κ2) is 8.28. The molecule has 0 unspecified atom stereocenters. The van der Waals surface area contributed by atoms with Crippen LogP contribution in [0.3, 0.4) is 0 Å². The van der Waals surface area contributed by atoms with Crippen molar-refractivity contribution in [1.82, 2.24) is 4.90 Å². The van der Waals surface area contributed by atoms with E-state index in [1.807, 2.05) is 58.3 Å². The summed E-state index contributed by atoms with van der Waals surface area (Å²) in [6, 6.07) is 29.0. The number of hydrogen-bond acceptors (Lipinski definition) is 3. The molecule has 174 valence electrons. The molecule has 1 aliphatic carbocycles. The summed E-state index contributed by atoms with van der Waals surface area (Å²) in [6.07, 6.45) is 6.24. The molecule has 2 atom stereocenters. The topological polar surface area (TPSA) is 43.8 Å². The van der Waals surface area contributed by atoms with Crippen molar-refractivity contribution in [1.29, 1.82) is 0 Å². The normalized spacial score (nSPS) is 26.6. The van der Waals surface area contributed by atoms with Crippen molar-refractivity contribution >= 4 is 11.6 Å². The molecule has 3 aliphatic rings. The lowest BCUT2D eigenvalue weighted by Crippen LogP contribution is -2.61. The van der Waals surface area contributed by atoms with E-state index in [4.69, 9.17) is 0 Å². The third-order valence-electron chi connectivity index (χ3n) is 8.32. The Kier molecular flexibility index (Phi) is 5.22. The van der Waals surface area contributed by atoms with Crippen molar-refractivity contribution in [3.8, 4) is 0 Å². The molecule has 0 aromatic heterocycles. The maximum Gasteiger partial charge on any atom is 0.277 e. The minimum Gasteiger partial charge on any atom is -0.362 e. The average molecular weight is 453 g/mol. The molecule has 1 saturated heterocycles. The number of carbonyl (C=O) groups is 1. The van der Waals surface area contributed by atoms with E-state index >= 15 is 0 Å². The lowest BCUT2D eigenvalue weighted by molar-refractivity contribution is -0.147. The van der Waals surface area contributed by atoms with Gasteiger partial charge in [-0.25, -0.2) is 0 Å². The number of likely N-dealkylation sites (tertiary alicyclic amines) is 1. The van der Waals surface area contributed by atoms with E-state index in [-0.39, 0.29) is 11.9 Å². The zero-order chi connectivity index (χ0) is 23.2. The first-order valence-corrected chi connectivity index (χ1v) is 12.6. The second-order valence-electron chi connectivity index (χ2n) is 10.2. The average Bonchev–Trinajstić information content (AvgIpc) is 3.23. The smallest absolute Gasteiger partial charge is 0.277 e. The minimum absolute atomic E-state index is 0.123. The number of nitrogens with zero attached hydrogens (tertiary/aromatic N) is 2. The quantitative estimate of drug-likeness (QED) is 0.589. The molecular formula is C30H32N2O2. The highest BCUT2D eigenvalue weighted by Gasteiger charge is 2.71. The fourth-order valence-corrected chi connectivity index (χ4v) is 6.68. The summed E-state index contributed by atoms with van der Waals surface area (Å²) >= 11 is 0. The van der Waals surface area contributed by atoms with E-state index in [9.17, 15) is 9.90 Å². The van der Waals surface area contributed by atoms with Crippen LogP contribution in [0.2, 0.25) is 0 Å². The maximum absolute atomic E-state index is 14.3. The third kappa shape index (κ3) is 3.12. The van der Waals surface area contributed by atoms with Crippen molar-refractivity contribution in [2.24, 2.45) is 0 Å². The monoisotopic (exact) mass is 452 g/mol. The van der Waals surface area contributed by atoms with Crippen molar-refractivity contribution < 1.29 is 9.90 Å². The summed E-state index contributed by atoms with van der Waals surface area (Å²) in [7, 11) is 0. The van der Waals surface area contributed by atoms with Crippen LogP contribution in [0.25, 0.3) is 0 Å². The molecule has 2 aliphatic heterocycles. The van der Waals surface area contributed by atoms with Gasteiger partial charge in [0.25, 0.3) is 5.91 Å². The van der Waals surface area contributed by atoms with Gasteiger partial charge in [-0.05, 0) is 42.0 Å². The van der Waals surface area contributed by atoms with Crippen LogP contribution in [0.5, 0.6) is 0 Å².